The largest absolute Gasteiger partial charge is 0.460 e. The van der Waals surface area contributed by atoms with Gasteiger partial charge in [-0.2, -0.15) is 0 Å². The SMILES string of the molecule is Cc1cc(F)ccc1-c1ccc(CNC2CCCN(c3cccnc3)C2=O)o1. The number of nitrogens with one attached hydrogen (secondary N) is 1. The first kappa shape index (κ1) is 18.4. The molecule has 0 saturated carbocycles. The Kier molecular flexibility index (Phi) is 5.21. The van der Waals surface area contributed by atoms with Gasteiger partial charge in [-0.25, -0.2) is 4.39 Å². The first-order valence-electron chi connectivity index (χ1n) is 9.42. The van der Waals surface area contributed by atoms with Gasteiger partial charge in [0.1, 0.15) is 17.3 Å². The number of carbonyl (C=O) groups is 1. The Hall–Kier alpha value is -2.99. The fourth-order valence-electron chi connectivity index (χ4n) is 3.58. The summed E-state index contributed by atoms with van der Waals surface area (Å²) < 4.78 is 19.2. The zero-order valence-corrected chi connectivity index (χ0v) is 15.7. The van der Waals surface area contributed by atoms with Crippen molar-refractivity contribution in [3.63, 3.8) is 0 Å². The molecule has 1 unspecified atom stereocenters. The van der Waals surface area contributed by atoms with E-state index < -0.39 is 0 Å². The van der Waals surface area contributed by atoms with Crippen LogP contribution in [0.5, 0.6) is 0 Å². The molecule has 1 aliphatic heterocycles. The van der Waals surface area contributed by atoms with Gasteiger partial charge in [0.05, 0.1) is 24.5 Å². The van der Waals surface area contributed by atoms with E-state index in [1.807, 2.05) is 31.2 Å². The second-order valence-corrected chi connectivity index (χ2v) is 7.00. The summed E-state index contributed by atoms with van der Waals surface area (Å²) in [6.45, 7) is 3.02. The Morgan fingerprint density at radius 2 is 2.18 bits per heavy atom. The van der Waals surface area contributed by atoms with Crippen molar-refractivity contribution in [2.45, 2.75) is 32.4 Å². The average Bonchev–Trinajstić information content (AvgIpc) is 3.16. The highest BCUT2D eigenvalue weighted by Gasteiger charge is 2.29. The highest BCUT2D eigenvalue weighted by atomic mass is 19.1. The van der Waals surface area contributed by atoms with Crippen LogP contribution >= 0.6 is 0 Å². The Morgan fingerprint density at radius 3 is 2.96 bits per heavy atom. The Labute approximate surface area is 163 Å². The van der Waals surface area contributed by atoms with Crippen molar-refractivity contribution in [1.82, 2.24) is 10.3 Å². The third kappa shape index (κ3) is 3.82. The summed E-state index contributed by atoms with van der Waals surface area (Å²) in [6.07, 6.45) is 5.13. The van der Waals surface area contributed by atoms with Crippen LogP contribution < -0.4 is 10.2 Å². The van der Waals surface area contributed by atoms with E-state index in [4.69, 9.17) is 4.42 Å². The number of rotatable bonds is 5. The van der Waals surface area contributed by atoms with E-state index in [1.54, 1.807) is 23.4 Å². The molecule has 1 atom stereocenters. The van der Waals surface area contributed by atoms with Crippen molar-refractivity contribution in [2.24, 2.45) is 0 Å². The minimum absolute atomic E-state index is 0.0559. The van der Waals surface area contributed by atoms with E-state index in [0.29, 0.717) is 18.8 Å². The molecule has 144 valence electrons. The number of aryl methyl sites for hydroxylation is 1. The van der Waals surface area contributed by atoms with E-state index in [9.17, 15) is 9.18 Å². The molecule has 0 radical (unpaired) electrons. The van der Waals surface area contributed by atoms with Crippen molar-refractivity contribution >= 4 is 11.6 Å². The fourth-order valence-corrected chi connectivity index (χ4v) is 3.58. The molecule has 3 heterocycles. The number of hydrogen-bond donors (Lipinski definition) is 1. The van der Waals surface area contributed by atoms with E-state index in [-0.39, 0.29) is 17.8 Å². The van der Waals surface area contributed by atoms with Crippen LogP contribution in [-0.4, -0.2) is 23.5 Å². The summed E-state index contributed by atoms with van der Waals surface area (Å²) in [5.41, 5.74) is 2.51. The molecule has 3 aromatic rings. The standard InChI is InChI=1S/C22H22FN3O2/c1-15-12-16(23)6-8-19(15)21-9-7-18(28-21)14-25-20-5-3-11-26(22(20)27)17-4-2-10-24-13-17/h2,4,6-10,12-13,20,25H,3,5,11,14H2,1H3. The van der Waals surface area contributed by atoms with Crippen LogP contribution in [0.4, 0.5) is 10.1 Å². The van der Waals surface area contributed by atoms with E-state index in [0.717, 1.165) is 35.4 Å². The quantitative estimate of drug-likeness (QED) is 0.726. The molecule has 5 nitrogen and oxygen atoms in total. The van der Waals surface area contributed by atoms with Gasteiger partial charge in [-0.3, -0.25) is 15.1 Å². The number of anilines is 1. The maximum absolute atomic E-state index is 13.3. The van der Waals surface area contributed by atoms with E-state index in [1.165, 1.54) is 12.1 Å². The van der Waals surface area contributed by atoms with Crippen LogP contribution in [0.15, 0.2) is 59.3 Å². The number of amides is 1. The first-order valence-corrected chi connectivity index (χ1v) is 9.42. The van der Waals surface area contributed by atoms with Crippen LogP contribution in [0, 0.1) is 12.7 Å². The van der Waals surface area contributed by atoms with E-state index in [2.05, 4.69) is 10.3 Å². The van der Waals surface area contributed by atoms with Crippen molar-refractivity contribution in [1.29, 1.82) is 0 Å². The molecular weight excluding hydrogens is 357 g/mol. The minimum atomic E-state index is -0.260. The highest BCUT2D eigenvalue weighted by Crippen LogP contribution is 2.26. The zero-order chi connectivity index (χ0) is 19.5. The summed E-state index contributed by atoms with van der Waals surface area (Å²) >= 11 is 0. The van der Waals surface area contributed by atoms with Gasteiger partial charge in [0.15, 0.2) is 0 Å². The van der Waals surface area contributed by atoms with Crippen LogP contribution in [-0.2, 0) is 11.3 Å². The van der Waals surface area contributed by atoms with Crippen LogP contribution in [0.25, 0.3) is 11.3 Å². The first-order chi connectivity index (χ1) is 13.6. The number of carbonyl (C=O) groups excluding carboxylic acids is 1. The smallest absolute Gasteiger partial charge is 0.244 e. The number of hydrogen-bond acceptors (Lipinski definition) is 4. The second-order valence-electron chi connectivity index (χ2n) is 7.00. The Balaban J connectivity index is 1.42. The van der Waals surface area contributed by atoms with Gasteiger partial charge < -0.3 is 9.32 Å². The molecular formula is C22H22FN3O2. The molecule has 1 fully saturated rings. The van der Waals surface area contributed by atoms with Crippen LogP contribution in [0.1, 0.15) is 24.2 Å². The zero-order valence-electron chi connectivity index (χ0n) is 15.7. The number of aromatic nitrogens is 1. The van der Waals surface area contributed by atoms with Gasteiger partial charge in [0.2, 0.25) is 5.91 Å². The molecule has 6 heteroatoms. The molecule has 1 amide bonds. The lowest BCUT2D eigenvalue weighted by molar-refractivity contribution is -0.121. The van der Waals surface area contributed by atoms with Crippen molar-refractivity contribution in [2.75, 3.05) is 11.4 Å². The van der Waals surface area contributed by atoms with E-state index >= 15 is 0 Å². The number of piperidine rings is 1. The van der Waals surface area contributed by atoms with Crippen molar-refractivity contribution in [3.05, 3.63) is 72.0 Å². The lowest BCUT2D eigenvalue weighted by atomic mass is 10.0. The fraction of sp³-hybridized carbons (Fsp3) is 0.273. The molecule has 0 spiro atoms. The number of benzene rings is 1. The Morgan fingerprint density at radius 1 is 1.29 bits per heavy atom. The molecule has 1 aromatic carbocycles. The number of pyridine rings is 1. The summed E-state index contributed by atoms with van der Waals surface area (Å²) in [5.74, 6) is 1.23. The lowest BCUT2D eigenvalue weighted by Gasteiger charge is -2.32. The third-order valence-corrected chi connectivity index (χ3v) is 5.03. The average molecular weight is 379 g/mol. The van der Waals surface area contributed by atoms with Gasteiger partial charge >= 0.3 is 0 Å². The monoisotopic (exact) mass is 379 g/mol. The molecule has 0 bridgehead atoms. The lowest BCUT2D eigenvalue weighted by Crippen LogP contribution is -2.50. The maximum atomic E-state index is 13.3. The number of halogens is 1. The summed E-state index contributed by atoms with van der Waals surface area (Å²) in [4.78, 5) is 18.7. The van der Waals surface area contributed by atoms with Gasteiger partial charge in [-0.05, 0) is 67.8 Å². The number of nitrogens with zero attached hydrogens (tertiary/aromatic N) is 2. The molecule has 2 aromatic heterocycles. The minimum Gasteiger partial charge on any atom is -0.460 e. The maximum Gasteiger partial charge on any atom is 0.244 e. The molecule has 1 N–H and O–H groups in total. The summed E-state index contributed by atoms with van der Waals surface area (Å²) in [5, 5.41) is 3.31. The summed E-state index contributed by atoms with van der Waals surface area (Å²) in [6, 6.07) is 11.9. The van der Waals surface area contributed by atoms with Crippen molar-refractivity contribution < 1.29 is 13.6 Å². The van der Waals surface area contributed by atoms with Gasteiger partial charge in [0.25, 0.3) is 0 Å². The molecule has 0 aliphatic carbocycles. The molecule has 1 aliphatic rings. The van der Waals surface area contributed by atoms with Gasteiger partial charge in [-0.15, -0.1) is 0 Å². The highest BCUT2D eigenvalue weighted by molar-refractivity contribution is 5.97. The summed E-state index contributed by atoms with van der Waals surface area (Å²) in [7, 11) is 0. The van der Waals surface area contributed by atoms with Gasteiger partial charge in [0, 0.05) is 18.3 Å². The predicted molar refractivity (Wildman–Crippen MR) is 105 cm³/mol. The normalized spacial score (nSPS) is 17.1. The number of furan rings is 1. The molecule has 1 saturated heterocycles. The predicted octanol–water partition coefficient (Wildman–Crippen LogP) is 4.07. The van der Waals surface area contributed by atoms with Crippen molar-refractivity contribution in [3.8, 4) is 11.3 Å². The van der Waals surface area contributed by atoms with Crippen LogP contribution in [0.3, 0.4) is 0 Å². The molecule has 4 rings (SSSR count). The molecule has 28 heavy (non-hydrogen) atoms. The second kappa shape index (κ2) is 7.94. The Bertz CT molecular complexity index is 971. The van der Waals surface area contributed by atoms with Crippen LogP contribution in [0.2, 0.25) is 0 Å². The topological polar surface area (TPSA) is 58.4 Å². The third-order valence-electron chi connectivity index (χ3n) is 5.03. The van der Waals surface area contributed by atoms with Gasteiger partial charge in [-0.1, -0.05) is 0 Å².